The van der Waals surface area contributed by atoms with Gasteiger partial charge in [0.1, 0.15) is 6.04 Å². The van der Waals surface area contributed by atoms with Crippen molar-refractivity contribution in [1.82, 2.24) is 4.72 Å². The third kappa shape index (κ3) is 3.78. The first-order chi connectivity index (χ1) is 8.81. The summed E-state index contributed by atoms with van der Waals surface area (Å²) in [4.78, 5) is 10.8. The maximum atomic E-state index is 12.0. The van der Waals surface area contributed by atoms with Crippen LogP contribution in [0.4, 0.5) is 0 Å². The summed E-state index contributed by atoms with van der Waals surface area (Å²) in [5.41, 5.74) is 2.07. The minimum atomic E-state index is -3.79. The number of aliphatic carboxylic acids is 1. The summed E-state index contributed by atoms with van der Waals surface area (Å²) in [6, 6.07) is 3.74. The van der Waals surface area contributed by atoms with Gasteiger partial charge >= 0.3 is 5.97 Å². The van der Waals surface area contributed by atoms with E-state index < -0.39 is 22.0 Å². The predicted octanol–water partition coefficient (Wildman–Crippen LogP) is 1.56. The van der Waals surface area contributed by atoms with E-state index >= 15 is 0 Å². The van der Waals surface area contributed by atoms with Crippen molar-refractivity contribution in [1.29, 1.82) is 0 Å². The lowest BCUT2D eigenvalue weighted by molar-refractivity contribution is -0.138. The number of nitrogens with one attached hydrogen (secondary N) is 1. The molecule has 0 aliphatic rings. The van der Waals surface area contributed by atoms with Gasteiger partial charge in [-0.1, -0.05) is 19.9 Å². The molecule has 2 N–H and O–H groups in total. The molecule has 0 saturated heterocycles. The molecule has 6 heteroatoms. The second-order valence-electron chi connectivity index (χ2n) is 4.32. The van der Waals surface area contributed by atoms with Crippen molar-refractivity contribution in [3.63, 3.8) is 0 Å². The first-order valence-corrected chi connectivity index (χ1v) is 7.67. The lowest BCUT2D eigenvalue weighted by atomic mass is 10.0. The summed E-state index contributed by atoms with van der Waals surface area (Å²) < 4.78 is 26.2. The number of carboxylic acids is 1. The SMILES string of the molecule is CCc1ccc(S(=O)(=O)N[C@H](C)C(=O)O)cc1CC. The fraction of sp³-hybridized carbons (Fsp3) is 0.462. The molecule has 0 unspecified atom stereocenters. The molecule has 19 heavy (non-hydrogen) atoms. The van der Waals surface area contributed by atoms with E-state index in [2.05, 4.69) is 4.72 Å². The summed E-state index contributed by atoms with van der Waals surface area (Å²) >= 11 is 0. The molecule has 0 bridgehead atoms. The van der Waals surface area contributed by atoms with Gasteiger partial charge in [0, 0.05) is 0 Å². The fourth-order valence-electron chi connectivity index (χ4n) is 1.79. The lowest BCUT2D eigenvalue weighted by Gasteiger charge is -2.12. The van der Waals surface area contributed by atoms with Crippen LogP contribution < -0.4 is 4.72 Å². The standard InChI is InChI=1S/C13H19NO4S/c1-4-10-6-7-12(8-11(10)5-2)19(17,18)14-9(3)13(15)16/h6-9,14H,4-5H2,1-3H3,(H,15,16)/t9-/m1/s1. The average molecular weight is 285 g/mol. The Bertz CT molecular complexity index is 566. The maximum absolute atomic E-state index is 12.0. The van der Waals surface area contributed by atoms with Crippen LogP contribution in [0.15, 0.2) is 23.1 Å². The van der Waals surface area contributed by atoms with Crippen molar-refractivity contribution in [3.05, 3.63) is 29.3 Å². The van der Waals surface area contributed by atoms with Crippen LogP contribution in [0.1, 0.15) is 31.9 Å². The zero-order valence-electron chi connectivity index (χ0n) is 11.3. The van der Waals surface area contributed by atoms with Crippen molar-refractivity contribution >= 4 is 16.0 Å². The number of rotatable bonds is 6. The van der Waals surface area contributed by atoms with E-state index in [-0.39, 0.29) is 4.90 Å². The van der Waals surface area contributed by atoms with Crippen molar-refractivity contribution in [3.8, 4) is 0 Å². The Morgan fingerprint density at radius 2 is 1.84 bits per heavy atom. The van der Waals surface area contributed by atoms with Gasteiger partial charge in [-0.05, 0) is 43.0 Å². The van der Waals surface area contributed by atoms with Gasteiger partial charge in [0.15, 0.2) is 0 Å². The average Bonchev–Trinajstić information content (AvgIpc) is 2.37. The third-order valence-corrected chi connectivity index (χ3v) is 4.49. The Hall–Kier alpha value is -1.40. The predicted molar refractivity (Wildman–Crippen MR) is 72.6 cm³/mol. The Labute approximate surface area is 113 Å². The van der Waals surface area contributed by atoms with Gasteiger partial charge in [-0.3, -0.25) is 4.79 Å². The van der Waals surface area contributed by atoms with Crippen LogP contribution in [-0.4, -0.2) is 25.5 Å². The molecule has 0 aromatic heterocycles. The minimum Gasteiger partial charge on any atom is -0.480 e. The molecule has 1 rings (SSSR count). The smallest absolute Gasteiger partial charge is 0.321 e. The molecular weight excluding hydrogens is 266 g/mol. The van der Waals surface area contributed by atoms with Crippen LogP contribution in [0.3, 0.4) is 0 Å². The molecule has 1 aromatic carbocycles. The lowest BCUT2D eigenvalue weighted by Crippen LogP contribution is -2.38. The normalized spacial score (nSPS) is 13.2. The second-order valence-corrected chi connectivity index (χ2v) is 6.03. The highest BCUT2D eigenvalue weighted by Gasteiger charge is 2.21. The maximum Gasteiger partial charge on any atom is 0.321 e. The molecule has 0 amide bonds. The molecule has 1 atom stereocenters. The minimum absolute atomic E-state index is 0.106. The number of hydrogen-bond donors (Lipinski definition) is 2. The fourth-order valence-corrected chi connectivity index (χ4v) is 3.04. The molecule has 0 spiro atoms. The van der Waals surface area contributed by atoms with Crippen LogP contribution in [0, 0.1) is 0 Å². The van der Waals surface area contributed by atoms with Crippen molar-refractivity contribution in [2.24, 2.45) is 0 Å². The van der Waals surface area contributed by atoms with Gasteiger partial charge in [-0.15, -0.1) is 0 Å². The molecule has 0 radical (unpaired) electrons. The van der Waals surface area contributed by atoms with Gasteiger partial charge in [-0.25, -0.2) is 8.42 Å². The van der Waals surface area contributed by atoms with Crippen molar-refractivity contribution in [2.75, 3.05) is 0 Å². The van der Waals surface area contributed by atoms with E-state index in [1.165, 1.54) is 13.0 Å². The first-order valence-electron chi connectivity index (χ1n) is 6.18. The van der Waals surface area contributed by atoms with Crippen LogP contribution in [-0.2, 0) is 27.7 Å². The van der Waals surface area contributed by atoms with E-state index in [1.54, 1.807) is 12.1 Å². The van der Waals surface area contributed by atoms with Gasteiger partial charge in [0.2, 0.25) is 10.0 Å². The first kappa shape index (κ1) is 15.7. The summed E-state index contributed by atoms with van der Waals surface area (Å²) in [7, 11) is -3.79. The Kier molecular flexibility index (Phi) is 5.08. The number of benzene rings is 1. The molecule has 1 aromatic rings. The quantitative estimate of drug-likeness (QED) is 0.831. The zero-order valence-corrected chi connectivity index (χ0v) is 12.1. The molecule has 5 nitrogen and oxygen atoms in total. The van der Waals surface area contributed by atoms with E-state index in [1.807, 2.05) is 13.8 Å². The number of carbonyl (C=O) groups is 1. The topological polar surface area (TPSA) is 83.5 Å². The Morgan fingerprint density at radius 1 is 1.26 bits per heavy atom. The van der Waals surface area contributed by atoms with Crippen molar-refractivity contribution < 1.29 is 18.3 Å². The van der Waals surface area contributed by atoms with Gasteiger partial charge in [0.05, 0.1) is 4.90 Å². The molecule has 0 aliphatic carbocycles. The largest absolute Gasteiger partial charge is 0.480 e. The van der Waals surface area contributed by atoms with Gasteiger partial charge in [0.25, 0.3) is 0 Å². The van der Waals surface area contributed by atoms with Crippen LogP contribution in [0.2, 0.25) is 0 Å². The highest BCUT2D eigenvalue weighted by atomic mass is 32.2. The number of carboxylic acid groups (broad SMARTS) is 1. The van der Waals surface area contributed by atoms with E-state index in [9.17, 15) is 13.2 Å². The summed E-state index contributed by atoms with van der Waals surface area (Å²) in [5, 5.41) is 8.75. The molecule has 0 aliphatic heterocycles. The monoisotopic (exact) mass is 285 g/mol. The number of hydrogen-bond acceptors (Lipinski definition) is 3. The number of aryl methyl sites for hydroxylation is 2. The van der Waals surface area contributed by atoms with E-state index in [0.29, 0.717) is 0 Å². The highest BCUT2D eigenvalue weighted by Crippen LogP contribution is 2.17. The molecule has 0 heterocycles. The van der Waals surface area contributed by atoms with Crippen LogP contribution in [0.5, 0.6) is 0 Å². The summed E-state index contributed by atoms with van der Waals surface area (Å²) in [6.07, 6.45) is 1.57. The van der Waals surface area contributed by atoms with Crippen LogP contribution >= 0.6 is 0 Å². The Balaban J connectivity index is 3.12. The number of sulfonamides is 1. The second kappa shape index (κ2) is 6.16. The zero-order chi connectivity index (χ0) is 14.6. The highest BCUT2D eigenvalue weighted by molar-refractivity contribution is 7.89. The van der Waals surface area contributed by atoms with Gasteiger partial charge < -0.3 is 5.11 Å². The molecule has 0 fully saturated rings. The molecular formula is C13H19NO4S. The van der Waals surface area contributed by atoms with Gasteiger partial charge in [-0.2, -0.15) is 4.72 Å². The van der Waals surface area contributed by atoms with Crippen LogP contribution in [0.25, 0.3) is 0 Å². The molecule has 0 saturated carbocycles. The summed E-state index contributed by atoms with van der Waals surface area (Å²) in [5.74, 6) is -1.20. The molecule has 106 valence electrons. The van der Waals surface area contributed by atoms with E-state index in [0.717, 1.165) is 24.0 Å². The third-order valence-electron chi connectivity index (χ3n) is 2.95. The van der Waals surface area contributed by atoms with Crippen molar-refractivity contribution in [2.45, 2.75) is 44.6 Å². The van der Waals surface area contributed by atoms with E-state index in [4.69, 9.17) is 5.11 Å². The Morgan fingerprint density at radius 3 is 2.32 bits per heavy atom. The summed E-state index contributed by atoms with van der Waals surface area (Å²) in [6.45, 7) is 5.26.